The molecule has 5 N–H and O–H groups in total. The first-order valence-corrected chi connectivity index (χ1v) is 10.5. The molecule has 1 aliphatic carbocycles. The third kappa shape index (κ3) is 3.77. The van der Waals surface area contributed by atoms with Crippen LogP contribution in [0, 0.1) is 12.8 Å². The van der Waals surface area contributed by atoms with E-state index in [-0.39, 0.29) is 17.7 Å². The highest BCUT2D eigenvalue weighted by molar-refractivity contribution is 5.96. The van der Waals surface area contributed by atoms with Crippen molar-refractivity contribution in [2.75, 3.05) is 12.3 Å². The van der Waals surface area contributed by atoms with Gasteiger partial charge >= 0.3 is 0 Å². The first-order chi connectivity index (χ1) is 14.4. The Labute approximate surface area is 176 Å². The molecule has 0 radical (unpaired) electrons. The summed E-state index contributed by atoms with van der Waals surface area (Å²) in [6, 6.07) is 12.7. The number of benzene rings is 1. The molecule has 0 bridgehead atoms. The average Bonchev–Trinajstić information content (AvgIpc) is 3.49. The zero-order valence-electron chi connectivity index (χ0n) is 17.3. The van der Waals surface area contributed by atoms with Crippen LogP contribution in [-0.4, -0.2) is 39.8 Å². The summed E-state index contributed by atoms with van der Waals surface area (Å²) in [6.45, 7) is 2.81. The van der Waals surface area contributed by atoms with Crippen LogP contribution in [0.15, 0.2) is 42.5 Å². The van der Waals surface area contributed by atoms with E-state index in [1.807, 2.05) is 43.3 Å². The Balaban J connectivity index is 1.45. The number of anilines is 1. The lowest BCUT2D eigenvalue weighted by Gasteiger charge is -2.37. The van der Waals surface area contributed by atoms with E-state index in [0.717, 1.165) is 29.7 Å². The van der Waals surface area contributed by atoms with E-state index >= 15 is 0 Å². The number of hydrogen-bond donors (Lipinski definition) is 3. The number of pyridine rings is 1. The number of carbonyl (C=O) groups is 2. The van der Waals surface area contributed by atoms with Crippen LogP contribution in [0.4, 0.5) is 5.82 Å². The molecule has 2 fully saturated rings. The van der Waals surface area contributed by atoms with E-state index < -0.39 is 11.6 Å². The van der Waals surface area contributed by atoms with E-state index in [2.05, 4.69) is 10.3 Å². The predicted molar refractivity (Wildman–Crippen MR) is 115 cm³/mol. The molecule has 1 saturated carbocycles. The second-order valence-corrected chi connectivity index (χ2v) is 8.42. The number of nitrogens with one attached hydrogen (secondary N) is 1. The number of piperidine rings is 1. The molecular formula is C23H29N5O2. The van der Waals surface area contributed by atoms with E-state index in [0.29, 0.717) is 31.7 Å². The van der Waals surface area contributed by atoms with Gasteiger partial charge in [0.05, 0.1) is 6.04 Å². The van der Waals surface area contributed by atoms with Crippen molar-refractivity contribution in [2.45, 2.75) is 50.7 Å². The Bertz CT molecular complexity index is 948. The predicted octanol–water partition coefficient (Wildman–Crippen LogP) is 1.54. The number of fused-ring (bicyclic) bond motifs is 1. The molecule has 2 aromatic rings. The number of nitrogens with two attached hydrogens (primary N) is 2. The van der Waals surface area contributed by atoms with E-state index in [9.17, 15) is 9.59 Å². The summed E-state index contributed by atoms with van der Waals surface area (Å²) < 4.78 is 0. The Morgan fingerprint density at radius 3 is 2.77 bits per heavy atom. The Morgan fingerprint density at radius 2 is 2.03 bits per heavy atom. The molecule has 7 nitrogen and oxygen atoms in total. The smallest absolute Gasteiger partial charge is 0.246 e. The molecule has 1 aromatic carbocycles. The third-order valence-electron chi connectivity index (χ3n) is 6.42. The van der Waals surface area contributed by atoms with Gasteiger partial charge in [0.1, 0.15) is 11.4 Å². The molecule has 158 valence electrons. The molecule has 2 aliphatic rings. The quantitative estimate of drug-likeness (QED) is 0.672. The van der Waals surface area contributed by atoms with Crippen molar-refractivity contribution in [3.63, 3.8) is 0 Å². The highest BCUT2D eigenvalue weighted by Crippen LogP contribution is 2.54. The Morgan fingerprint density at radius 1 is 1.27 bits per heavy atom. The molecular weight excluding hydrogens is 378 g/mol. The summed E-state index contributed by atoms with van der Waals surface area (Å²) in [7, 11) is 0. The minimum atomic E-state index is -0.751. The fourth-order valence-corrected chi connectivity index (χ4v) is 4.67. The van der Waals surface area contributed by atoms with Gasteiger partial charge < -0.3 is 21.7 Å². The number of aromatic nitrogens is 1. The number of hydrogen-bond acceptors (Lipinski definition) is 5. The lowest BCUT2D eigenvalue weighted by Crippen LogP contribution is -2.58. The van der Waals surface area contributed by atoms with E-state index in [4.69, 9.17) is 11.5 Å². The molecule has 2 amide bonds. The summed E-state index contributed by atoms with van der Waals surface area (Å²) >= 11 is 0. The molecule has 4 rings (SSSR count). The molecule has 7 heteroatoms. The lowest BCUT2D eigenvalue weighted by molar-refractivity contribution is -0.145. The normalized spacial score (nSPS) is 23.4. The van der Waals surface area contributed by atoms with Crippen LogP contribution in [0.2, 0.25) is 0 Å². The van der Waals surface area contributed by atoms with Crippen molar-refractivity contribution in [2.24, 2.45) is 11.7 Å². The second kappa shape index (κ2) is 8.07. The molecule has 1 saturated heterocycles. The number of carbonyl (C=O) groups excluding carboxylic acids is 2. The zero-order valence-corrected chi connectivity index (χ0v) is 17.3. The van der Waals surface area contributed by atoms with Crippen LogP contribution in [0.25, 0.3) is 0 Å². The maximum absolute atomic E-state index is 13.2. The lowest BCUT2D eigenvalue weighted by atomic mass is 9.98. The van der Waals surface area contributed by atoms with Crippen molar-refractivity contribution < 1.29 is 9.59 Å². The van der Waals surface area contributed by atoms with Crippen molar-refractivity contribution in [1.82, 2.24) is 15.2 Å². The van der Waals surface area contributed by atoms with Gasteiger partial charge in [-0.25, -0.2) is 4.98 Å². The Kier molecular flexibility index (Phi) is 5.47. The molecule has 0 unspecified atom stereocenters. The van der Waals surface area contributed by atoms with Gasteiger partial charge in [0.15, 0.2) is 0 Å². The summed E-state index contributed by atoms with van der Waals surface area (Å²) in [5.74, 6) is 0.440. The third-order valence-corrected chi connectivity index (χ3v) is 6.42. The largest absolute Gasteiger partial charge is 0.384 e. The van der Waals surface area contributed by atoms with Crippen LogP contribution >= 0.6 is 0 Å². The fraction of sp³-hybridized carbons (Fsp3) is 0.435. The van der Waals surface area contributed by atoms with E-state index in [1.165, 1.54) is 0 Å². The summed E-state index contributed by atoms with van der Waals surface area (Å²) in [4.78, 5) is 32.4. The maximum atomic E-state index is 13.2. The van der Waals surface area contributed by atoms with Gasteiger partial charge in [-0.05, 0) is 55.7 Å². The SMILES string of the molecule is Cc1nc(N)ccc1CNC(=O)[C@]12C[C@H]1CCCN2C(=O)[C@H](N)Cc1ccccc1. The van der Waals surface area contributed by atoms with Gasteiger partial charge in [-0.2, -0.15) is 0 Å². The fourth-order valence-electron chi connectivity index (χ4n) is 4.67. The number of rotatable bonds is 6. The highest BCUT2D eigenvalue weighted by Gasteiger charge is 2.66. The molecule has 3 atom stereocenters. The zero-order chi connectivity index (χ0) is 21.3. The second-order valence-electron chi connectivity index (χ2n) is 8.42. The summed E-state index contributed by atoms with van der Waals surface area (Å²) in [5.41, 5.74) is 14.0. The topological polar surface area (TPSA) is 114 Å². The number of likely N-dealkylation sites (tertiary alicyclic amines) is 1. The maximum Gasteiger partial charge on any atom is 0.246 e. The average molecular weight is 408 g/mol. The summed E-state index contributed by atoms with van der Waals surface area (Å²) in [6.07, 6.45) is 3.05. The first kappa shape index (κ1) is 20.3. The minimum absolute atomic E-state index is 0.0938. The van der Waals surface area contributed by atoms with Crippen LogP contribution in [0.3, 0.4) is 0 Å². The highest BCUT2D eigenvalue weighted by atomic mass is 16.2. The van der Waals surface area contributed by atoms with Gasteiger partial charge in [0.25, 0.3) is 0 Å². The first-order valence-electron chi connectivity index (χ1n) is 10.5. The van der Waals surface area contributed by atoms with Gasteiger partial charge in [-0.15, -0.1) is 0 Å². The van der Waals surface area contributed by atoms with Gasteiger partial charge in [-0.1, -0.05) is 36.4 Å². The van der Waals surface area contributed by atoms with Crippen LogP contribution < -0.4 is 16.8 Å². The van der Waals surface area contributed by atoms with Crippen molar-refractivity contribution in [3.8, 4) is 0 Å². The van der Waals surface area contributed by atoms with E-state index in [1.54, 1.807) is 11.0 Å². The number of nitrogen functional groups attached to an aromatic ring is 1. The van der Waals surface area contributed by atoms with Crippen molar-refractivity contribution >= 4 is 17.6 Å². The van der Waals surface area contributed by atoms with Crippen molar-refractivity contribution in [3.05, 3.63) is 59.3 Å². The number of nitrogens with zero attached hydrogens (tertiary/aromatic N) is 2. The summed E-state index contributed by atoms with van der Waals surface area (Å²) in [5, 5.41) is 3.03. The van der Waals surface area contributed by atoms with Crippen molar-refractivity contribution in [1.29, 1.82) is 0 Å². The monoisotopic (exact) mass is 407 g/mol. The molecule has 30 heavy (non-hydrogen) atoms. The number of amides is 2. The molecule has 1 aliphatic heterocycles. The standard InChI is InChI=1S/C23H29N5O2/c1-15-17(9-10-20(25)27-15)14-26-22(30)23-13-18(23)8-5-11-28(23)21(29)19(24)12-16-6-3-2-4-7-16/h2-4,6-7,9-10,18-19H,5,8,11-14,24H2,1H3,(H2,25,27)(H,26,30)/t18-,19-,23+/m1/s1. The molecule has 0 spiro atoms. The molecule has 2 heterocycles. The van der Waals surface area contributed by atoms with Crippen LogP contribution in [0.1, 0.15) is 36.1 Å². The number of aryl methyl sites for hydroxylation is 1. The Hall–Kier alpha value is -2.93. The van der Waals surface area contributed by atoms with Gasteiger partial charge in [0, 0.05) is 18.8 Å². The van der Waals surface area contributed by atoms with Crippen LogP contribution in [0.5, 0.6) is 0 Å². The van der Waals surface area contributed by atoms with Gasteiger partial charge in [0.2, 0.25) is 11.8 Å². The van der Waals surface area contributed by atoms with Crippen LogP contribution in [-0.2, 0) is 22.6 Å². The molecule has 1 aromatic heterocycles. The minimum Gasteiger partial charge on any atom is -0.384 e. The van der Waals surface area contributed by atoms with Gasteiger partial charge in [-0.3, -0.25) is 9.59 Å².